The summed E-state index contributed by atoms with van der Waals surface area (Å²) in [6, 6.07) is 8.04. The highest BCUT2D eigenvalue weighted by molar-refractivity contribution is 5.71. The number of nitrogens with one attached hydrogen (secondary N) is 2. The van der Waals surface area contributed by atoms with E-state index in [-0.39, 0.29) is 30.1 Å². The van der Waals surface area contributed by atoms with Crippen LogP contribution in [-0.4, -0.2) is 37.6 Å². The first kappa shape index (κ1) is 19.1. The molecule has 2 aromatic heterocycles. The molecule has 0 aliphatic rings. The van der Waals surface area contributed by atoms with E-state index in [2.05, 4.69) is 25.6 Å². The van der Waals surface area contributed by atoms with Crippen LogP contribution < -0.4 is 10.6 Å². The van der Waals surface area contributed by atoms with Gasteiger partial charge in [0.1, 0.15) is 17.3 Å². The van der Waals surface area contributed by atoms with Gasteiger partial charge < -0.3 is 15.7 Å². The third kappa shape index (κ3) is 4.54. The number of halogens is 1. The van der Waals surface area contributed by atoms with Crippen molar-refractivity contribution >= 4 is 23.1 Å². The van der Waals surface area contributed by atoms with Crippen molar-refractivity contribution in [2.45, 2.75) is 13.0 Å². The highest BCUT2D eigenvalue weighted by Gasteiger charge is 2.17. The Kier molecular flexibility index (Phi) is 5.70. The number of hydrogen-bond acceptors (Lipinski definition) is 8. The number of aromatic nitrogens is 3. The molecule has 2 heterocycles. The molecule has 3 aromatic rings. The summed E-state index contributed by atoms with van der Waals surface area (Å²) in [5, 5.41) is 26.3. The van der Waals surface area contributed by atoms with E-state index in [1.54, 1.807) is 37.5 Å². The van der Waals surface area contributed by atoms with Crippen molar-refractivity contribution in [2.75, 3.05) is 17.2 Å². The van der Waals surface area contributed by atoms with Crippen molar-refractivity contribution in [3.63, 3.8) is 0 Å². The second-order valence-electron chi connectivity index (χ2n) is 5.97. The van der Waals surface area contributed by atoms with E-state index in [9.17, 15) is 19.6 Å². The van der Waals surface area contributed by atoms with Crippen molar-refractivity contribution in [2.24, 2.45) is 0 Å². The van der Waals surface area contributed by atoms with Crippen LogP contribution in [0.4, 0.5) is 27.5 Å². The largest absolute Gasteiger partial charge is 0.394 e. The van der Waals surface area contributed by atoms with Gasteiger partial charge in [0.15, 0.2) is 0 Å². The summed E-state index contributed by atoms with van der Waals surface area (Å²) in [6.45, 7) is 1.62. The van der Waals surface area contributed by atoms with Crippen molar-refractivity contribution < 1.29 is 14.4 Å². The lowest BCUT2D eigenvalue weighted by Crippen LogP contribution is -2.21. The first-order chi connectivity index (χ1) is 13.5. The van der Waals surface area contributed by atoms with E-state index in [0.29, 0.717) is 5.69 Å². The van der Waals surface area contributed by atoms with E-state index in [1.807, 2.05) is 0 Å². The summed E-state index contributed by atoms with van der Waals surface area (Å²) in [5.74, 6) is -0.219. The van der Waals surface area contributed by atoms with Crippen LogP contribution in [0.2, 0.25) is 0 Å². The lowest BCUT2D eigenvalue weighted by atomic mass is 10.2. The molecule has 0 spiro atoms. The molecule has 144 valence electrons. The van der Waals surface area contributed by atoms with Crippen LogP contribution in [0.25, 0.3) is 11.3 Å². The second kappa shape index (κ2) is 8.35. The Hall–Kier alpha value is -3.66. The normalized spacial score (nSPS) is 11.7. The maximum absolute atomic E-state index is 13.4. The van der Waals surface area contributed by atoms with Crippen LogP contribution in [0, 0.1) is 15.9 Å². The first-order valence-corrected chi connectivity index (χ1v) is 8.34. The molecule has 0 saturated heterocycles. The second-order valence-corrected chi connectivity index (χ2v) is 5.97. The Labute approximate surface area is 159 Å². The molecular weight excluding hydrogens is 367 g/mol. The van der Waals surface area contributed by atoms with E-state index < -0.39 is 16.4 Å². The number of nitro benzene ring substituents is 1. The van der Waals surface area contributed by atoms with Gasteiger partial charge in [0, 0.05) is 30.1 Å². The maximum atomic E-state index is 13.4. The van der Waals surface area contributed by atoms with Crippen molar-refractivity contribution in [1.82, 2.24) is 15.0 Å². The van der Waals surface area contributed by atoms with Crippen LogP contribution in [-0.2, 0) is 0 Å². The summed E-state index contributed by atoms with van der Waals surface area (Å²) >= 11 is 0. The van der Waals surface area contributed by atoms with Crippen molar-refractivity contribution in [3.8, 4) is 11.3 Å². The summed E-state index contributed by atoms with van der Waals surface area (Å²) in [5.41, 5.74) is 0.973. The number of aliphatic hydroxyl groups is 1. The third-order valence-electron chi connectivity index (χ3n) is 3.77. The number of anilines is 3. The highest BCUT2D eigenvalue weighted by Crippen LogP contribution is 2.29. The van der Waals surface area contributed by atoms with Gasteiger partial charge in [-0.1, -0.05) is 0 Å². The number of hydrogen-bond donors (Lipinski definition) is 3. The topological polar surface area (TPSA) is 126 Å². The van der Waals surface area contributed by atoms with Crippen molar-refractivity contribution in [1.29, 1.82) is 0 Å². The van der Waals surface area contributed by atoms with Crippen LogP contribution in [0.3, 0.4) is 0 Å². The minimum atomic E-state index is -0.712. The molecule has 0 amide bonds. The molecule has 0 saturated carbocycles. The Bertz CT molecular complexity index is 986. The van der Waals surface area contributed by atoms with E-state index in [1.165, 1.54) is 6.07 Å². The molecule has 28 heavy (non-hydrogen) atoms. The molecule has 0 fully saturated rings. The summed E-state index contributed by atoms with van der Waals surface area (Å²) in [7, 11) is 0. The van der Waals surface area contributed by atoms with Gasteiger partial charge in [-0.3, -0.25) is 15.1 Å². The minimum Gasteiger partial charge on any atom is -0.394 e. The molecule has 0 bridgehead atoms. The number of benzene rings is 1. The monoisotopic (exact) mass is 384 g/mol. The van der Waals surface area contributed by atoms with Gasteiger partial charge in [-0.15, -0.1) is 0 Å². The predicted molar refractivity (Wildman–Crippen MR) is 102 cm³/mol. The quantitative estimate of drug-likeness (QED) is 0.419. The Balaban J connectivity index is 2.03. The molecule has 10 heteroatoms. The van der Waals surface area contributed by atoms with Gasteiger partial charge in [-0.25, -0.2) is 9.37 Å². The Morgan fingerprint density at radius 1 is 1.21 bits per heavy atom. The average molecular weight is 384 g/mol. The van der Waals surface area contributed by atoms with Crippen LogP contribution in [0.15, 0.2) is 48.8 Å². The zero-order valence-electron chi connectivity index (χ0n) is 14.8. The average Bonchev–Trinajstić information content (AvgIpc) is 2.69. The summed E-state index contributed by atoms with van der Waals surface area (Å²) in [6.07, 6.45) is 3.22. The summed E-state index contributed by atoms with van der Waals surface area (Å²) in [4.78, 5) is 23.2. The fourth-order valence-corrected chi connectivity index (χ4v) is 2.41. The van der Waals surface area contributed by atoms with Gasteiger partial charge in [0.05, 0.1) is 23.3 Å². The van der Waals surface area contributed by atoms with Crippen LogP contribution >= 0.6 is 0 Å². The molecule has 0 aliphatic carbocycles. The number of rotatable bonds is 7. The number of nitro groups is 1. The SMILES string of the molecule is C[C@@H](CO)Nc1nc(Nc2ccc(F)cc2[N+](=O)[O-])cc(-c2ccncc2)n1. The number of nitrogens with zero attached hydrogens (tertiary/aromatic N) is 4. The standard InChI is InChI=1S/C18H17FN6O3/c1-11(10-26)21-18-23-15(12-4-6-20-7-5-12)9-17(24-18)22-14-3-2-13(19)8-16(14)25(27)28/h2-9,11,26H,10H2,1H3,(H2,21,22,23,24)/t11-/m0/s1. The number of aliphatic hydroxyl groups excluding tert-OH is 1. The van der Waals surface area contributed by atoms with Crippen LogP contribution in [0.5, 0.6) is 0 Å². The minimum absolute atomic E-state index is 0.0898. The fraction of sp³-hybridized carbons (Fsp3) is 0.167. The predicted octanol–water partition coefficient (Wildman–Crippen LogP) is 3.12. The zero-order chi connectivity index (χ0) is 20.1. The van der Waals surface area contributed by atoms with Gasteiger partial charge >= 0.3 is 0 Å². The Morgan fingerprint density at radius 3 is 2.64 bits per heavy atom. The molecule has 1 aromatic carbocycles. The summed E-state index contributed by atoms with van der Waals surface area (Å²) < 4.78 is 13.4. The van der Waals surface area contributed by atoms with Gasteiger partial charge in [-0.2, -0.15) is 4.98 Å². The van der Waals surface area contributed by atoms with E-state index in [0.717, 1.165) is 17.7 Å². The van der Waals surface area contributed by atoms with E-state index >= 15 is 0 Å². The number of pyridine rings is 1. The van der Waals surface area contributed by atoms with Gasteiger partial charge in [0.2, 0.25) is 5.95 Å². The lowest BCUT2D eigenvalue weighted by molar-refractivity contribution is -0.384. The van der Waals surface area contributed by atoms with Crippen molar-refractivity contribution in [3.05, 3.63) is 64.7 Å². The molecule has 9 nitrogen and oxygen atoms in total. The third-order valence-corrected chi connectivity index (χ3v) is 3.77. The fourth-order valence-electron chi connectivity index (χ4n) is 2.41. The van der Waals surface area contributed by atoms with Gasteiger partial charge in [-0.05, 0) is 31.2 Å². The zero-order valence-corrected chi connectivity index (χ0v) is 14.8. The van der Waals surface area contributed by atoms with Crippen LogP contribution in [0.1, 0.15) is 6.92 Å². The first-order valence-electron chi connectivity index (χ1n) is 8.34. The van der Waals surface area contributed by atoms with Gasteiger partial charge in [0.25, 0.3) is 5.69 Å². The molecule has 3 rings (SSSR count). The molecule has 0 unspecified atom stereocenters. The molecule has 1 atom stereocenters. The molecular formula is C18H17FN6O3. The maximum Gasteiger partial charge on any atom is 0.295 e. The van der Waals surface area contributed by atoms with E-state index in [4.69, 9.17) is 0 Å². The highest BCUT2D eigenvalue weighted by atomic mass is 19.1. The lowest BCUT2D eigenvalue weighted by Gasteiger charge is -2.14. The molecule has 0 aliphatic heterocycles. The molecule has 3 N–H and O–H groups in total. The molecule has 0 radical (unpaired) electrons. The smallest absolute Gasteiger partial charge is 0.295 e. The Morgan fingerprint density at radius 2 is 1.96 bits per heavy atom.